The number of nitrogens with two attached hydrogens (primary N) is 3. The molecule has 0 saturated heterocycles. The maximum absolute atomic E-state index is 10.9. The smallest absolute Gasteiger partial charge is 0.396 e. The monoisotopic (exact) mass is 260 g/mol. The van der Waals surface area contributed by atoms with Crippen molar-refractivity contribution >= 4 is 0 Å². The first-order valence-corrected chi connectivity index (χ1v) is 4.32. The third-order valence-electron chi connectivity index (χ3n) is 2.40. The topological polar surface area (TPSA) is 207 Å². The molecule has 0 aromatic carbocycles. The van der Waals surface area contributed by atoms with E-state index in [2.05, 4.69) is 0 Å². The van der Waals surface area contributed by atoms with E-state index in [1.165, 1.54) is 0 Å². The van der Waals surface area contributed by atoms with Crippen LogP contribution in [-0.4, -0.2) is 26.5 Å². The molecular weight excluding hydrogens is 252 g/mol. The van der Waals surface area contributed by atoms with Crippen molar-refractivity contribution in [2.45, 2.75) is 11.7 Å². The van der Waals surface area contributed by atoms with Crippen LogP contribution in [0.3, 0.4) is 0 Å². The second kappa shape index (κ2) is 3.92. The molecule has 0 saturated carbocycles. The van der Waals surface area contributed by atoms with Crippen LogP contribution in [0, 0.1) is 30.3 Å². The van der Waals surface area contributed by atoms with Gasteiger partial charge in [0.15, 0.2) is 0 Å². The molecule has 2 atom stereocenters. The van der Waals surface area contributed by atoms with Gasteiger partial charge in [0.25, 0.3) is 0 Å². The summed E-state index contributed by atoms with van der Waals surface area (Å²) in [6.45, 7) is 0. The molecule has 0 aromatic heterocycles. The van der Waals surface area contributed by atoms with Gasteiger partial charge >= 0.3 is 17.4 Å². The van der Waals surface area contributed by atoms with E-state index in [4.69, 9.17) is 17.2 Å². The van der Waals surface area contributed by atoms with E-state index < -0.39 is 43.6 Å². The summed E-state index contributed by atoms with van der Waals surface area (Å²) in [6, 6.07) is -2.26. The fraction of sp³-hybridized carbons (Fsp3) is 0.333. The highest BCUT2D eigenvalue weighted by molar-refractivity contribution is 5.36. The zero-order valence-corrected chi connectivity index (χ0v) is 8.68. The SMILES string of the molecule is NC1=CC(N)=C([N+](=O)[O-])C(N)([N+](=O)[O-])C1[N+](=O)[O-]. The molecule has 1 aliphatic carbocycles. The highest BCUT2D eigenvalue weighted by atomic mass is 16.7. The van der Waals surface area contributed by atoms with Crippen LogP contribution in [0.2, 0.25) is 0 Å². The van der Waals surface area contributed by atoms with E-state index in [0.717, 1.165) is 6.08 Å². The molecule has 0 aliphatic heterocycles. The van der Waals surface area contributed by atoms with E-state index in [0.29, 0.717) is 0 Å². The highest BCUT2D eigenvalue weighted by Gasteiger charge is 2.68. The summed E-state index contributed by atoms with van der Waals surface area (Å²) in [6.07, 6.45) is 0.722. The molecule has 0 heterocycles. The Kier molecular flexibility index (Phi) is 2.90. The zero-order chi connectivity index (χ0) is 14.2. The van der Waals surface area contributed by atoms with E-state index in [-0.39, 0.29) is 0 Å². The van der Waals surface area contributed by atoms with Crippen molar-refractivity contribution < 1.29 is 14.8 Å². The third-order valence-corrected chi connectivity index (χ3v) is 2.40. The summed E-state index contributed by atoms with van der Waals surface area (Å²) in [4.78, 5) is 28.7. The van der Waals surface area contributed by atoms with Gasteiger partial charge in [0, 0.05) is 4.92 Å². The molecule has 98 valence electrons. The molecule has 12 heteroatoms. The van der Waals surface area contributed by atoms with E-state index in [1.807, 2.05) is 0 Å². The number of nitro groups is 3. The standard InChI is InChI=1S/C6H8N6O6/c7-2-1-3(8)5(11(15)16)6(9,12(17)18)4(2)10(13)14/h1,4H,7-9H2. The van der Waals surface area contributed by atoms with Gasteiger partial charge in [-0.3, -0.25) is 30.3 Å². The lowest BCUT2D eigenvalue weighted by atomic mass is 9.89. The molecule has 0 aromatic rings. The summed E-state index contributed by atoms with van der Waals surface area (Å²) in [5.74, 6) is 0. The molecule has 0 fully saturated rings. The maximum atomic E-state index is 10.9. The van der Waals surface area contributed by atoms with Crippen molar-refractivity contribution in [2.75, 3.05) is 0 Å². The van der Waals surface area contributed by atoms with Crippen LogP contribution in [0.5, 0.6) is 0 Å². The molecule has 12 nitrogen and oxygen atoms in total. The van der Waals surface area contributed by atoms with Gasteiger partial charge in [-0.1, -0.05) is 0 Å². The van der Waals surface area contributed by atoms with Crippen LogP contribution in [-0.2, 0) is 0 Å². The van der Waals surface area contributed by atoms with E-state index in [1.54, 1.807) is 0 Å². The number of hydrogen-bond acceptors (Lipinski definition) is 9. The second-order valence-corrected chi connectivity index (χ2v) is 3.48. The average molecular weight is 260 g/mol. The van der Waals surface area contributed by atoms with E-state index >= 15 is 0 Å². The molecule has 0 radical (unpaired) electrons. The second-order valence-electron chi connectivity index (χ2n) is 3.48. The number of rotatable bonds is 3. The van der Waals surface area contributed by atoms with Crippen LogP contribution >= 0.6 is 0 Å². The van der Waals surface area contributed by atoms with Gasteiger partial charge in [0.05, 0.1) is 15.5 Å². The van der Waals surface area contributed by atoms with E-state index in [9.17, 15) is 30.3 Å². The van der Waals surface area contributed by atoms with Gasteiger partial charge in [-0.25, -0.2) is 5.73 Å². The van der Waals surface area contributed by atoms with Crippen molar-refractivity contribution in [3.63, 3.8) is 0 Å². The van der Waals surface area contributed by atoms with Crippen LogP contribution in [0.15, 0.2) is 23.2 Å². The van der Waals surface area contributed by atoms with Gasteiger partial charge in [-0.05, 0) is 6.08 Å². The number of hydrogen-bond donors (Lipinski definition) is 3. The summed E-state index contributed by atoms with van der Waals surface area (Å²) in [5, 5.41) is 32.4. The minimum absolute atomic E-state index is 0.623. The van der Waals surface area contributed by atoms with Gasteiger partial charge in [-0.15, -0.1) is 0 Å². The van der Waals surface area contributed by atoms with Crippen molar-refractivity contribution in [3.8, 4) is 0 Å². The Morgan fingerprint density at radius 1 is 1.17 bits per heavy atom. The lowest BCUT2D eigenvalue weighted by Gasteiger charge is -2.24. The Balaban J connectivity index is 3.64. The molecule has 0 amide bonds. The average Bonchev–Trinajstić information content (AvgIpc) is 2.13. The number of allylic oxidation sites excluding steroid dienone is 1. The number of nitrogens with zero attached hydrogens (tertiary/aromatic N) is 3. The minimum atomic E-state index is -3.12. The molecule has 0 bridgehead atoms. The molecule has 18 heavy (non-hydrogen) atoms. The quantitative estimate of drug-likeness (QED) is 0.287. The third kappa shape index (κ3) is 1.60. The van der Waals surface area contributed by atoms with Crippen LogP contribution in [0.4, 0.5) is 0 Å². The fourth-order valence-electron chi connectivity index (χ4n) is 1.66. The summed E-state index contributed by atoms with van der Waals surface area (Å²) < 4.78 is 0. The Labute approximate surface area is 98.2 Å². The Morgan fingerprint density at radius 2 is 1.67 bits per heavy atom. The molecule has 2 unspecified atom stereocenters. The maximum Gasteiger partial charge on any atom is 0.435 e. The molecular formula is C6H8N6O6. The van der Waals surface area contributed by atoms with Crippen LogP contribution in [0.25, 0.3) is 0 Å². The largest absolute Gasteiger partial charge is 0.435 e. The van der Waals surface area contributed by atoms with Crippen molar-refractivity contribution in [3.05, 3.63) is 53.5 Å². The lowest BCUT2D eigenvalue weighted by molar-refractivity contribution is -0.660. The highest BCUT2D eigenvalue weighted by Crippen LogP contribution is 2.31. The predicted molar refractivity (Wildman–Crippen MR) is 55.2 cm³/mol. The Hall–Kier alpha value is -2.76. The van der Waals surface area contributed by atoms with Crippen molar-refractivity contribution in [1.82, 2.24) is 0 Å². The van der Waals surface area contributed by atoms with Crippen molar-refractivity contribution in [1.29, 1.82) is 0 Å². The van der Waals surface area contributed by atoms with Gasteiger partial charge in [0.2, 0.25) is 0 Å². The van der Waals surface area contributed by atoms with Crippen LogP contribution < -0.4 is 17.2 Å². The van der Waals surface area contributed by atoms with Crippen molar-refractivity contribution in [2.24, 2.45) is 17.2 Å². The minimum Gasteiger partial charge on any atom is -0.396 e. The normalized spacial score (nSPS) is 27.6. The first kappa shape index (κ1) is 13.3. The first-order valence-electron chi connectivity index (χ1n) is 4.32. The first-order chi connectivity index (χ1) is 8.13. The summed E-state index contributed by atoms with van der Waals surface area (Å²) in [5.41, 5.74) is 10.0. The molecule has 0 spiro atoms. The van der Waals surface area contributed by atoms with Gasteiger partial charge in [0.1, 0.15) is 5.70 Å². The lowest BCUT2D eigenvalue weighted by Crippen LogP contribution is -2.65. The molecule has 1 rings (SSSR count). The molecule has 6 N–H and O–H groups in total. The van der Waals surface area contributed by atoms with Gasteiger partial charge in [-0.2, -0.15) is 0 Å². The summed E-state index contributed by atoms with van der Waals surface area (Å²) >= 11 is 0. The fourth-order valence-corrected chi connectivity index (χ4v) is 1.66. The Bertz CT molecular complexity index is 511. The Morgan fingerprint density at radius 3 is 2.00 bits per heavy atom. The predicted octanol–water partition coefficient (Wildman–Crippen LogP) is -2.13. The van der Waals surface area contributed by atoms with Crippen LogP contribution in [0.1, 0.15) is 0 Å². The zero-order valence-electron chi connectivity index (χ0n) is 8.68. The summed E-state index contributed by atoms with van der Waals surface area (Å²) in [7, 11) is 0. The molecule has 1 aliphatic rings. The van der Waals surface area contributed by atoms with Gasteiger partial charge < -0.3 is 11.5 Å².